The third-order valence-electron chi connectivity index (χ3n) is 5.72. The Hall–Kier alpha value is -3.68. The lowest BCUT2D eigenvalue weighted by Crippen LogP contribution is -2.40. The van der Waals surface area contributed by atoms with Gasteiger partial charge in [0.15, 0.2) is 23.0 Å². The van der Waals surface area contributed by atoms with Gasteiger partial charge in [-0.25, -0.2) is 0 Å². The number of carbonyl (C=O) groups is 2. The number of benzene rings is 2. The van der Waals surface area contributed by atoms with E-state index < -0.39 is 0 Å². The smallest absolute Gasteiger partial charge is 0.246 e. The number of hydrogen-bond donors (Lipinski definition) is 1. The number of rotatable bonds is 7. The van der Waals surface area contributed by atoms with Gasteiger partial charge in [0.25, 0.3) is 0 Å². The van der Waals surface area contributed by atoms with Crippen LogP contribution in [0.15, 0.2) is 42.5 Å². The zero-order chi connectivity index (χ0) is 23.2. The lowest BCUT2D eigenvalue weighted by atomic mass is 9.95. The van der Waals surface area contributed by atoms with Gasteiger partial charge in [-0.3, -0.25) is 9.59 Å². The predicted octanol–water partition coefficient (Wildman–Crippen LogP) is 3.71. The Kier molecular flexibility index (Phi) is 7.02. The van der Waals surface area contributed by atoms with Crippen LogP contribution in [0.4, 0.5) is 5.69 Å². The Morgan fingerprint density at radius 2 is 1.88 bits per heavy atom. The van der Waals surface area contributed by atoms with E-state index >= 15 is 0 Å². The molecule has 174 valence electrons. The Morgan fingerprint density at radius 3 is 2.64 bits per heavy atom. The van der Waals surface area contributed by atoms with Crippen molar-refractivity contribution in [2.24, 2.45) is 5.92 Å². The molecule has 2 aromatic rings. The molecule has 2 aliphatic rings. The molecule has 0 radical (unpaired) electrons. The van der Waals surface area contributed by atoms with Crippen LogP contribution in [-0.4, -0.2) is 50.3 Å². The lowest BCUT2D eigenvalue weighted by molar-refractivity contribution is -0.130. The standard InChI is InChI=1S/C25H28N2O6/c1-3-31-20-7-4-17(14-22(20)30-2)5-9-24(28)27-12-10-18(11-13-27)25(29)26-19-6-8-21-23(15-19)33-16-32-21/h4-9,14-15,18H,3,10-13,16H2,1-2H3,(H,26,29). The van der Waals surface area contributed by atoms with Crippen LogP contribution < -0.4 is 24.3 Å². The molecule has 4 rings (SSSR count). The van der Waals surface area contributed by atoms with Crippen molar-refractivity contribution < 1.29 is 28.5 Å². The van der Waals surface area contributed by atoms with Crippen molar-refractivity contribution in [3.8, 4) is 23.0 Å². The number of ether oxygens (including phenoxy) is 4. The second-order valence-electron chi connectivity index (χ2n) is 7.83. The van der Waals surface area contributed by atoms with E-state index in [0.29, 0.717) is 61.2 Å². The molecule has 0 bridgehead atoms. The summed E-state index contributed by atoms with van der Waals surface area (Å²) in [5, 5.41) is 2.94. The Balaban J connectivity index is 1.28. The van der Waals surface area contributed by atoms with Crippen molar-refractivity contribution in [3.05, 3.63) is 48.0 Å². The quantitative estimate of drug-likeness (QED) is 0.645. The molecule has 2 aliphatic heterocycles. The van der Waals surface area contributed by atoms with Gasteiger partial charge >= 0.3 is 0 Å². The highest BCUT2D eigenvalue weighted by molar-refractivity contribution is 5.94. The van der Waals surface area contributed by atoms with Gasteiger partial charge in [-0.05, 0) is 55.7 Å². The largest absolute Gasteiger partial charge is 0.493 e. The highest BCUT2D eigenvalue weighted by Crippen LogP contribution is 2.34. The number of anilines is 1. The molecule has 2 amide bonds. The average molecular weight is 453 g/mol. The number of hydrogen-bond acceptors (Lipinski definition) is 6. The molecule has 0 unspecified atom stereocenters. The van der Waals surface area contributed by atoms with E-state index in [9.17, 15) is 9.59 Å². The van der Waals surface area contributed by atoms with Gasteiger partial charge in [0, 0.05) is 36.8 Å². The maximum absolute atomic E-state index is 12.7. The van der Waals surface area contributed by atoms with Crippen molar-refractivity contribution in [2.45, 2.75) is 19.8 Å². The van der Waals surface area contributed by atoms with Gasteiger partial charge in [0.05, 0.1) is 13.7 Å². The number of amides is 2. The van der Waals surface area contributed by atoms with Crippen molar-refractivity contribution in [2.75, 3.05) is 38.9 Å². The summed E-state index contributed by atoms with van der Waals surface area (Å²) in [6.07, 6.45) is 4.56. The third kappa shape index (κ3) is 5.39. The molecule has 1 saturated heterocycles. The first-order chi connectivity index (χ1) is 16.1. The molecule has 0 aliphatic carbocycles. The topological polar surface area (TPSA) is 86.3 Å². The molecular weight excluding hydrogens is 424 g/mol. The summed E-state index contributed by atoms with van der Waals surface area (Å²) in [7, 11) is 1.59. The third-order valence-corrected chi connectivity index (χ3v) is 5.72. The van der Waals surface area contributed by atoms with Gasteiger partial charge in [-0.15, -0.1) is 0 Å². The van der Waals surface area contributed by atoms with Crippen LogP contribution in [0.3, 0.4) is 0 Å². The van der Waals surface area contributed by atoms with Crippen LogP contribution in [0.1, 0.15) is 25.3 Å². The fraction of sp³-hybridized carbons (Fsp3) is 0.360. The molecule has 0 atom stereocenters. The van der Waals surface area contributed by atoms with Gasteiger partial charge in [-0.1, -0.05) is 6.07 Å². The van der Waals surface area contributed by atoms with E-state index in [1.807, 2.05) is 25.1 Å². The van der Waals surface area contributed by atoms with Gasteiger partial charge in [-0.2, -0.15) is 0 Å². The molecule has 8 heteroatoms. The number of fused-ring (bicyclic) bond motifs is 1. The van der Waals surface area contributed by atoms with E-state index in [1.165, 1.54) is 0 Å². The molecule has 0 saturated carbocycles. The number of piperidine rings is 1. The normalized spacial score (nSPS) is 15.5. The lowest BCUT2D eigenvalue weighted by Gasteiger charge is -2.30. The summed E-state index contributed by atoms with van der Waals surface area (Å²) < 4.78 is 21.5. The number of nitrogens with zero attached hydrogens (tertiary/aromatic N) is 1. The SMILES string of the molecule is CCOc1ccc(C=CC(=O)N2CCC(C(=O)Nc3ccc4c(c3)OCO4)CC2)cc1OC. The minimum absolute atomic E-state index is 0.0435. The first-order valence-electron chi connectivity index (χ1n) is 11.1. The summed E-state index contributed by atoms with van der Waals surface area (Å²) in [6, 6.07) is 10.9. The summed E-state index contributed by atoms with van der Waals surface area (Å²) >= 11 is 0. The maximum atomic E-state index is 12.7. The molecular formula is C25H28N2O6. The van der Waals surface area contributed by atoms with Crippen LogP contribution in [0.2, 0.25) is 0 Å². The van der Waals surface area contributed by atoms with Gasteiger partial charge in [0.2, 0.25) is 18.6 Å². The molecule has 1 fully saturated rings. The molecule has 0 spiro atoms. The first-order valence-corrected chi connectivity index (χ1v) is 11.1. The summed E-state index contributed by atoms with van der Waals surface area (Å²) in [6.45, 7) is 3.73. The van der Waals surface area contributed by atoms with E-state index in [1.54, 1.807) is 42.4 Å². The van der Waals surface area contributed by atoms with Crippen molar-refractivity contribution >= 4 is 23.6 Å². The molecule has 33 heavy (non-hydrogen) atoms. The van der Waals surface area contributed by atoms with E-state index in [4.69, 9.17) is 18.9 Å². The Labute approximate surface area is 193 Å². The number of nitrogens with one attached hydrogen (secondary N) is 1. The van der Waals surface area contributed by atoms with Crippen LogP contribution >= 0.6 is 0 Å². The fourth-order valence-corrected chi connectivity index (χ4v) is 3.92. The number of carbonyl (C=O) groups excluding carboxylic acids is 2. The molecule has 2 heterocycles. The Morgan fingerprint density at radius 1 is 1.09 bits per heavy atom. The highest BCUT2D eigenvalue weighted by atomic mass is 16.7. The van der Waals surface area contributed by atoms with Crippen LogP contribution in [0.25, 0.3) is 6.08 Å². The molecule has 2 aromatic carbocycles. The molecule has 8 nitrogen and oxygen atoms in total. The van der Waals surface area contributed by atoms with Crippen LogP contribution in [-0.2, 0) is 9.59 Å². The average Bonchev–Trinajstić information content (AvgIpc) is 3.31. The molecule has 0 aromatic heterocycles. The van der Waals surface area contributed by atoms with Crippen molar-refractivity contribution in [1.29, 1.82) is 0 Å². The van der Waals surface area contributed by atoms with Crippen molar-refractivity contribution in [3.63, 3.8) is 0 Å². The van der Waals surface area contributed by atoms with Crippen molar-refractivity contribution in [1.82, 2.24) is 4.90 Å². The number of methoxy groups -OCH3 is 1. The van der Waals surface area contributed by atoms with Gasteiger partial charge < -0.3 is 29.2 Å². The predicted molar refractivity (Wildman–Crippen MR) is 124 cm³/mol. The number of likely N-dealkylation sites (tertiary alicyclic amines) is 1. The fourth-order valence-electron chi connectivity index (χ4n) is 3.92. The highest BCUT2D eigenvalue weighted by Gasteiger charge is 2.27. The maximum Gasteiger partial charge on any atom is 0.246 e. The van der Waals surface area contributed by atoms with E-state index in [0.717, 1.165) is 5.56 Å². The Bertz CT molecular complexity index is 1040. The van der Waals surface area contributed by atoms with E-state index in [2.05, 4.69) is 5.32 Å². The minimum Gasteiger partial charge on any atom is -0.493 e. The second-order valence-corrected chi connectivity index (χ2v) is 7.83. The molecule has 1 N–H and O–H groups in total. The summed E-state index contributed by atoms with van der Waals surface area (Å²) in [5.41, 5.74) is 1.53. The zero-order valence-electron chi connectivity index (χ0n) is 18.8. The summed E-state index contributed by atoms with van der Waals surface area (Å²) in [4.78, 5) is 27.1. The zero-order valence-corrected chi connectivity index (χ0v) is 18.8. The first kappa shape index (κ1) is 22.5. The van der Waals surface area contributed by atoms with Crippen LogP contribution in [0, 0.1) is 5.92 Å². The van der Waals surface area contributed by atoms with Gasteiger partial charge in [0.1, 0.15) is 0 Å². The second kappa shape index (κ2) is 10.3. The minimum atomic E-state index is -0.140. The summed E-state index contributed by atoms with van der Waals surface area (Å²) in [5.74, 6) is 2.35. The monoisotopic (exact) mass is 452 g/mol. The van der Waals surface area contributed by atoms with E-state index in [-0.39, 0.29) is 24.5 Å². The van der Waals surface area contributed by atoms with Crippen LogP contribution in [0.5, 0.6) is 23.0 Å².